The summed E-state index contributed by atoms with van der Waals surface area (Å²) in [5.74, 6) is 1.05. The zero-order valence-corrected chi connectivity index (χ0v) is 11.8. The van der Waals surface area contributed by atoms with E-state index in [4.69, 9.17) is 4.74 Å². The van der Waals surface area contributed by atoms with Crippen molar-refractivity contribution in [2.24, 2.45) is 0 Å². The minimum Gasteiger partial charge on any atom is -0.493 e. The van der Waals surface area contributed by atoms with Crippen LogP contribution in [0, 0.1) is 0 Å². The van der Waals surface area contributed by atoms with E-state index in [1.807, 2.05) is 0 Å². The van der Waals surface area contributed by atoms with E-state index in [0.29, 0.717) is 0 Å². The summed E-state index contributed by atoms with van der Waals surface area (Å²) in [5.41, 5.74) is 3.81. The highest BCUT2D eigenvalue weighted by Crippen LogP contribution is 2.26. The van der Waals surface area contributed by atoms with Gasteiger partial charge < -0.3 is 10.1 Å². The first-order valence-electron chi connectivity index (χ1n) is 6.48. The monoisotopic (exact) mass is 271 g/mol. The molecule has 0 aromatic heterocycles. The molecule has 0 amide bonds. The Morgan fingerprint density at radius 1 is 1.21 bits per heavy atom. The number of hydrogen-bond acceptors (Lipinski definition) is 3. The van der Waals surface area contributed by atoms with Crippen LogP contribution in [0.5, 0.6) is 5.75 Å². The molecule has 1 N–H and O–H groups in total. The van der Waals surface area contributed by atoms with Crippen LogP contribution < -0.4 is 10.1 Å². The highest BCUT2D eigenvalue weighted by Gasteiger charge is 2.11. The maximum absolute atomic E-state index is 5.52. The third-order valence-electron chi connectivity index (χ3n) is 3.32. The summed E-state index contributed by atoms with van der Waals surface area (Å²) in [6.45, 7) is 1.67. The van der Waals surface area contributed by atoms with Gasteiger partial charge in [0, 0.05) is 23.5 Å². The van der Waals surface area contributed by atoms with Gasteiger partial charge >= 0.3 is 0 Å². The van der Waals surface area contributed by atoms with Gasteiger partial charge in [0.2, 0.25) is 0 Å². The van der Waals surface area contributed by atoms with E-state index in [1.54, 1.807) is 11.8 Å². The van der Waals surface area contributed by atoms with E-state index < -0.39 is 0 Å². The largest absolute Gasteiger partial charge is 0.493 e. The quantitative estimate of drug-likeness (QED) is 0.851. The number of anilines is 1. The van der Waals surface area contributed by atoms with Gasteiger partial charge in [0.25, 0.3) is 0 Å². The zero-order chi connectivity index (χ0) is 13.1. The Labute approximate surface area is 118 Å². The van der Waals surface area contributed by atoms with Crippen LogP contribution in [0.4, 0.5) is 5.69 Å². The molecule has 0 bridgehead atoms. The molecule has 1 aliphatic rings. The first kappa shape index (κ1) is 12.4. The van der Waals surface area contributed by atoms with Gasteiger partial charge in [-0.05, 0) is 41.6 Å². The van der Waals surface area contributed by atoms with Crippen molar-refractivity contribution >= 4 is 17.4 Å². The molecular formula is C16H17NOS. The van der Waals surface area contributed by atoms with Crippen molar-refractivity contribution in [2.75, 3.05) is 18.2 Å². The Morgan fingerprint density at radius 2 is 2.16 bits per heavy atom. The van der Waals surface area contributed by atoms with E-state index >= 15 is 0 Å². The Bertz CT molecular complexity index is 583. The summed E-state index contributed by atoms with van der Waals surface area (Å²) >= 11 is 1.76. The molecule has 0 aliphatic carbocycles. The number of rotatable bonds is 4. The van der Waals surface area contributed by atoms with Gasteiger partial charge in [-0.25, -0.2) is 0 Å². The Hall–Kier alpha value is -1.61. The van der Waals surface area contributed by atoms with E-state index in [9.17, 15) is 0 Å². The van der Waals surface area contributed by atoms with Gasteiger partial charge in [-0.15, -0.1) is 11.8 Å². The molecule has 0 saturated carbocycles. The highest BCUT2D eigenvalue weighted by molar-refractivity contribution is 7.98. The molecule has 0 unspecified atom stereocenters. The Morgan fingerprint density at radius 3 is 3.05 bits per heavy atom. The van der Waals surface area contributed by atoms with Crippen LogP contribution in [0.15, 0.2) is 47.4 Å². The summed E-state index contributed by atoms with van der Waals surface area (Å²) in [7, 11) is 0. The van der Waals surface area contributed by atoms with Crippen LogP contribution in [0.1, 0.15) is 11.1 Å². The summed E-state index contributed by atoms with van der Waals surface area (Å²) in [4.78, 5) is 1.28. The molecule has 1 aliphatic heterocycles. The maximum Gasteiger partial charge on any atom is 0.122 e. The standard InChI is InChI=1S/C16H17NOS/c1-19-15-4-2-3-14(10-15)17-11-12-5-6-16-13(9-12)7-8-18-16/h2-6,9-10,17H,7-8,11H2,1H3. The number of hydrogen-bond donors (Lipinski definition) is 1. The zero-order valence-electron chi connectivity index (χ0n) is 11.0. The van der Waals surface area contributed by atoms with Crippen LogP contribution in [-0.2, 0) is 13.0 Å². The first-order valence-corrected chi connectivity index (χ1v) is 7.70. The molecule has 0 spiro atoms. The molecule has 3 heteroatoms. The minimum atomic E-state index is 0.821. The van der Waals surface area contributed by atoms with Crippen molar-refractivity contribution in [3.05, 3.63) is 53.6 Å². The molecule has 0 fully saturated rings. The van der Waals surface area contributed by atoms with E-state index in [-0.39, 0.29) is 0 Å². The third kappa shape index (κ3) is 2.87. The predicted octanol–water partition coefficient (Wildman–Crippen LogP) is 3.96. The number of thioether (sulfide) groups is 1. The SMILES string of the molecule is CSc1cccc(NCc2ccc3c(c2)CCO3)c1. The maximum atomic E-state index is 5.52. The Balaban J connectivity index is 1.68. The number of benzene rings is 2. The summed E-state index contributed by atoms with van der Waals surface area (Å²) in [5, 5.41) is 3.47. The summed E-state index contributed by atoms with van der Waals surface area (Å²) in [6.07, 6.45) is 3.13. The molecule has 2 aromatic rings. The van der Waals surface area contributed by atoms with Crippen LogP contribution in [0.25, 0.3) is 0 Å². The molecule has 3 rings (SSSR count). The van der Waals surface area contributed by atoms with Crippen molar-refractivity contribution in [2.45, 2.75) is 17.9 Å². The topological polar surface area (TPSA) is 21.3 Å². The van der Waals surface area contributed by atoms with Gasteiger partial charge in [0.05, 0.1) is 6.61 Å². The fourth-order valence-corrected chi connectivity index (χ4v) is 2.75. The average molecular weight is 271 g/mol. The van der Waals surface area contributed by atoms with E-state index in [2.05, 4.69) is 54.0 Å². The van der Waals surface area contributed by atoms with E-state index in [1.165, 1.54) is 21.7 Å². The lowest BCUT2D eigenvalue weighted by molar-refractivity contribution is 0.357. The normalized spacial score (nSPS) is 12.9. The lowest BCUT2D eigenvalue weighted by Gasteiger charge is -2.09. The third-order valence-corrected chi connectivity index (χ3v) is 4.05. The number of nitrogens with one attached hydrogen (secondary N) is 1. The van der Waals surface area contributed by atoms with Gasteiger partial charge in [-0.3, -0.25) is 0 Å². The van der Waals surface area contributed by atoms with Crippen LogP contribution >= 0.6 is 11.8 Å². The van der Waals surface area contributed by atoms with Crippen molar-refractivity contribution in [1.29, 1.82) is 0 Å². The molecule has 2 nitrogen and oxygen atoms in total. The lowest BCUT2D eigenvalue weighted by Crippen LogP contribution is -1.99. The molecule has 19 heavy (non-hydrogen) atoms. The van der Waals surface area contributed by atoms with Crippen LogP contribution in [0.3, 0.4) is 0 Å². The van der Waals surface area contributed by atoms with Gasteiger partial charge in [-0.2, -0.15) is 0 Å². The van der Waals surface area contributed by atoms with Crippen LogP contribution in [0.2, 0.25) is 0 Å². The number of ether oxygens (including phenoxy) is 1. The first-order chi connectivity index (χ1) is 9.35. The van der Waals surface area contributed by atoms with Crippen molar-refractivity contribution in [3.63, 3.8) is 0 Å². The number of fused-ring (bicyclic) bond motifs is 1. The summed E-state index contributed by atoms with van der Waals surface area (Å²) in [6, 6.07) is 15.0. The fraction of sp³-hybridized carbons (Fsp3) is 0.250. The van der Waals surface area contributed by atoms with Gasteiger partial charge in [0.1, 0.15) is 5.75 Å². The Kier molecular flexibility index (Phi) is 3.65. The lowest BCUT2D eigenvalue weighted by atomic mass is 10.1. The van der Waals surface area contributed by atoms with Crippen molar-refractivity contribution < 1.29 is 4.74 Å². The average Bonchev–Trinajstić information content (AvgIpc) is 2.93. The second kappa shape index (κ2) is 5.57. The molecule has 0 radical (unpaired) electrons. The molecule has 2 aromatic carbocycles. The molecule has 1 heterocycles. The molecule has 98 valence electrons. The smallest absolute Gasteiger partial charge is 0.122 e. The summed E-state index contributed by atoms with van der Waals surface area (Å²) < 4.78 is 5.52. The molecular weight excluding hydrogens is 254 g/mol. The van der Waals surface area contributed by atoms with Crippen molar-refractivity contribution in [3.8, 4) is 5.75 Å². The van der Waals surface area contributed by atoms with Gasteiger partial charge in [0.15, 0.2) is 0 Å². The second-order valence-electron chi connectivity index (χ2n) is 4.63. The molecule has 0 saturated heterocycles. The van der Waals surface area contributed by atoms with Gasteiger partial charge in [-0.1, -0.05) is 18.2 Å². The fourth-order valence-electron chi connectivity index (χ4n) is 2.29. The molecule has 0 atom stereocenters. The van der Waals surface area contributed by atoms with Crippen molar-refractivity contribution in [1.82, 2.24) is 0 Å². The predicted molar refractivity (Wildman–Crippen MR) is 81.2 cm³/mol. The highest BCUT2D eigenvalue weighted by atomic mass is 32.2. The van der Waals surface area contributed by atoms with Crippen LogP contribution in [-0.4, -0.2) is 12.9 Å². The second-order valence-corrected chi connectivity index (χ2v) is 5.51. The minimum absolute atomic E-state index is 0.821. The van der Waals surface area contributed by atoms with E-state index in [0.717, 1.165) is 25.3 Å².